The van der Waals surface area contributed by atoms with Gasteiger partial charge in [-0.05, 0) is 30.7 Å². The highest BCUT2D eigenvalue weighted by atomic mass is 16.3. The van der Waals surface area contributed by atoms with E-state index < -0.39 is 0 Å². The molecular weight excluding hydrogens is 254 g/mol. The number of aromatic hydroxyl groups is 1. The second kappa shape index (κ2) is 7.26. The highest BCUT2D eigenvalue weighted by Crippen LogP contribution is 2.13. The minimum Gasteiger partial charge on any atom is -0.508 e. The predicted molar refractivity (Wildman–Crippen MR) is 78.5 cm³/mol. The van der Waals surface area contributed by atoms with Gasteiger partial charge in [0.2, 0.25) is 5.91 Å². The van der Waals surface area contributed by atoms with Crippen molar-refractivity contribution in [1.29, 1.82) is 0 Å². The Hall–Kier alpha value is -1.59. The molecule has 1 aliphatic heterocycles. The number of nitrogens with two attached hydrogens (primary N) is 1. The van der Waals surface area contributed by atoms with Gasteiger partial charge in [-0.2, -0.15) is 0 Å². The standard InChI is InChI=1S/C15H23N3O2/c16-5-8-17-6-2-7-18(10-9-17)15(20)12-13-3-1-4-14(19)11-13/h1,3-4,11,19H,2,5-10,12,16H2. The number of benzene rings is 1. The predicted octanol–water partition coefficient (Wildman–Crippen LogP) is 0.428. The molecule has 1 aliphatic rings. The molecule has 110 valence electrons. The Kier molecular flexibility index (Phi) is 5.38. The molecule has 0 saturated carbocycles. The van der Waals surface area contributed by atoms with Gasteiger partial charge < -0.3 is 20.6 Å². The van der Waals surface area contributed by atoms with Crippen LogP contribution in [-0.2, 0) is 11.2 Å². The number of nitrogens with zero attached hydrogens (tertiary/aromatic N) is 2. The van der Waals surface area contributed by atoms with Crippen molar-refractivity contribution in [3.8, 4) is 5.75 Å². The van der Waals surface area contributed by atoms with Gasteiger partial charge in [-0.3, -0.25) is 4.79 Å². The first kappa shape index (κ1) is 14.8. The van der Waals surface area contributed by atoms with E-state index in [0.717, 1.165) is 44.7 Å². The number of hydrogen-bond acceptors (Lipinski definition) is 4. The molecule has 1 aromatic rings. The summed E-state index contributed by atoms with van der Waals surface area (Å²) in [6.07, 6.45) is 1.34. The summed E-state index contributed by atoms with van der Waals surface area (Å²) in [4.78, 5) is 16.5. The van der Waals surface area contributed by atoms with Crippen molar-refractivity contribution >= 4 is 5.91 Å². The Bertz CT molecular complexity index is 450. The van der Waals surface area contributed by atoms with E-state index in [1.54, 1.807) is 18.2 Å². The second-order valence-electron chi connectivity index (χ2n) is 5.21. The summed E-state index contributed by atoms with van der Waals surface area (Å²) in [6.45, 7) is 5.03. The van der Waals surface area contributed by atoms with Crippen LogP contribution < -0.4 is 5.73 Å². The minimum atomic E-state index is 0.130. The smallest absolute Gasteiger partial charge is 0.227 e. The fourth-order valence-electron chi connectivity index (χ4n) is 2.58. The van der Waals surface area contributed by atoms with Crippen LogP contribution in [0.1, 0.15) is 12.0 Å². The maximum atomic E-state index is 12.3. The molecule has 0 aliphatic carbocycles. The van der Waals surface area contributed by atoms with Crippen LogP contribution in [0.3, 0.4) is 0 Å². The first-order valence-electron chi connectivity index (χ1n) is 7.17. The van der Waals surface area contributed by atoms with Gasteiger partial charge in [-0.15, -0.1) is 0 Å². The lowest BCUT2D eigenvalue weighted by molar-refractivity contribution is -0.130. The van der Waals surface area contributed by atoms with Crippen molar-refractivity contribution in [2.75, 3.05) is 39.3 Å². The molecular formula is C15H23N3O2. The number of hydrogen-bond donors (Lipinski definition) is 2. The molecule has 1 heterocycles. The highest BCUT2D eigenvalue weighted by Gasteiger charge is 2.18. The molecule has 1 fully saturated rings. The third-order valence-corrected chi connectivity index (χ3v) is 3.65. The van der Waals surface area contributed by atoms with Crippen molar-refractivity contribution in [3.63, 3.8) is 0 Å². The normalized spacial score (nSPS) is 16.9. The Balaban J connectivity index is 1.89. The summed E-state index contributed by atoms with van der Waals surface area (Å²) in [5, 5.41) is 9.43. The summed E-state index contributed by atoms with van der Waals surface area (Å²) in [5.74, 6) is 0.338. The molecule has 0 aromatic heterocycles. The van der Waals surface area contributed by atoms with Gasteiger partial charge in [0.05, 0.1) is 6.42 Å². The lowest BCUT2D eigenvalue weighted by atomic mass is 10.1. The number of phenols is 1. The van der Waals surface area contributed by atoms with Crippen LogP contribution >= 0.6 is 0 Å². The van der Waals surface area contributed by atoms with Crippen molar-refractivity contribution < 1.29 is 9.90 Å². The first-order chi connectivity index (χ1) is 9.69. The summed E-state index contributed by atoms with van der Waals surface area (Å²) < 4.78 is 0. The summed E-state index contributed by atoms with van der Waals surface area (Å²) in [6, 6.07) is 6.90. The van der Waals surface area contributed by atoms with Gasteiger partial charge in [0, 0.05) is 32.7 Å². The number of amides is 1. The van der Waals surface area contributed by atoms with E-state index >= 15 is 0 Å². The average Bonchev–Trinajstić information content (AvgIpc) is 2.65. The molecule has 1 amide bonds. The third-order valence-electron chi connectivity index (χ3n) is 3.65. The summed E-state index contributed by atoms with van der Waals surface area (Å²) in [5.41, 5.74) is 6.43. The van der Waals surface area contributed by atoms with Crippen molar-refractivity contribution in [3.05, 3.63) is 29.8 Å². The van der Waals surface area contributed by atoms with Crippen LogP contribution in [0.2, 0.25) is 0 Å². The van der Waals surface area contributed by atoms with Crippen molar-refractivity contribution in [2.24, 2.45) is 5.73 Å². The van der Waals surface area contributed by atoms with Crippen LogP contribution in [0.5, 0.6) is 5.75 Å². The molecule has 5 nitrogen and oxygen atoms in total. The van der Waals surface area contributed by atoms with Crippen LogP contribution in [0.25, 0.3) is 0 Å². The Morgan fingerprint density at radius 3 is 2.85 bits per heavy atom. The van der Waals surface area contributed by atoms with E-state index in [2.05, 4.69) is 4.90 Å². The molecule has 0 spiro atoms. The van der Waals surface area contributed by atoms with Gasteiger partial charge in [-0.1, -0.05) is 12.1 Å². The highest BCUT2D eigenvalue weighted by molar-refractivity contribution is 5.78. The average molecular weight is 277 g/mol. The molecule has 3 N–H and O–H groups in total. The van der Waals surface area contributed by atoms with Crippen LogP contribution in [0.4, 0.5) is 0 Å². The van der Waals surface area contributed by atoms with Crippen LogP contribution in [0, 0.1) is 0 Å². The molecule has 0 unspecified atom stereocenters. The van der Waals surface area contributed by atoms with Gasteiger partial charge in [-0.25, -0.2) is 0 Å². The van der Waals surface area contributed by atoms with Crippen molar-refractivity contribution in [1.82, 2.24) is 9.80 Å². The van der Waals surface area contributed by atoms with E-state index in [9.17, 15) is 9.90 Å². The topological polar surface area (TPSA) is 69.8 Å². The van der Waals surface area contributed by atoms with E-state index in [-0.39, 0.29) is 11.7 Å². The summed E-state index contributed by atoms with van der Waals surface area (Å²) in [7, 11) is 0. The van der Waals surface area contributed by atoms with E-state index in [0.29, 0.717) is 13.0 Å². The molecule has 5 heteroatoms. The molecule has 1 saturated heterocycles. The number of phenolic OH excluding ortho intramolecular Hbond substituents is 1. The fourth-order valence-corrected chi connectivity index (χ4v) is 2.58. The molecule has 1 aromatic carbocycles. The maximum Gasteiger partial charge on any atom is 0.227 e. The fraction of sp³-hybridized carbons (Fsp3) is 0.533. The quantitative estimate of drug-likeness (QED) is 0.837. The first-order valence-corrected chi connectivity index (χ1v) is 7.17. The lowest BCUT2D eigenvalue weighted by Gasteiger charge is -2.21. The zero-order valence-corrected chi connectivity index (χ0v) is 11.8. The van der Waals surface area contributed by atoms with Crippen LogP contribution in [0.15, 0.2) is 24.3 Å². The monoisotopic (exact) mass is 277 g/mol. The largest absolute Gasteiger partial charge is 0.508 e. The number of carbonyl (C=O) groups excluding carboxylic acids is 1. The number of carbonyl (C=O) groups is 1. The molecule has 2 rings (SSSR count). The van der Waals surface area contributed by atoms with E-state index in [1.807, 2.05) is 11.0 Å². The van der Waals surface area contributed by atoms with Crippen molar-refractivity contribution in [2.45, 2.75) is 12.8 Å². The second-order valence-corrected chi connectivity index (χ2v) is 5.21. The van der Waals surface area contributed by atoms with E-state index in [1.165, 1.54) is 0 Å². The van der Waals surface area contributed by atoms with Crippen LogP contribution in [-0.4, -0.2) is 60.1 Å². The molecule has 0 atom stereocenters. The van der Waals surface area contributed by atoms with E-state index in [4.69, 9.17) is 5.73 Å². The van der Waals surface area contributed by atoms with Gasteiger partial charge in [0.15, 0.2) is 0 Å². The summed E-state index contributed by atoms with van der Waals surface area (Å²) >= 11 is 0. The zero-order valence-electron chi connectivity index (χ0n) is 11.8. The van der Waals surface area contributed by atoms with Gasteiger partial charge in [0.25, 0.3) is 0 Å². The Morgan fingerprint density at radius 1 is 1.25 bits per heavy atom. The maximum absolute atomic E-state index is 12.3. The Labute approximate surface area is 120 Å². The molecule has 0 bridgehead atoms. The zero-order chi connectivity index (χ0) is 14.4. The van der Waals surface area contributed by atoms with Gasteiger partial charge >= 0.3 is 0 Å². The molecule has 0 radical (unpaired) electrons. The minimum absolute atomic E-state index is 0.130. The third kappa shape index (κ3) is 4.21. The number of rotatable bonds is 4. The Morgan fingerprint density at radius 2 is 2.10 bits per heavy atom. The molecule has 20 heavy (non-hydrogen) atoms. The SMILES string of the molecule is NCCN1CCCN(C(=O)Cc2cccc(O)c2)CC1. The van der Waals surface area contributed by atoms with Gasteiger partial charge in [0.1, 0.15) is 5.75 Å². The lowest BCUT2D eigenvalue weighted by Crippen LogP contribution is -2.37.